The number of hydrogen-bond acceptors (Lipinski definition) is 4. The summed E-state index contributed by atoms with van der Waals surface area (Å²) in [5, 5.41) is 3.46. The van der Waals surface area contributed by atoms with Gasteiger partial charge >= 0.3 is 0 Å². The van der Waals surface area contributed by atoms with Gasteiger partial charge in [0.25, 0.3) is 5.91 Å². The maximum atomic E-state index is 12.5. The molecule has 0 aliphatic carbocycles. The van der Waals surface area contributed by atoms with Gasteiger partial charge in [-0.25, -0.2) is 0 Å². The molecule has 2 rings (SSSR count). The Balaban J connectivity index is 2.59. The Morgan fingerprint density at radius 1 is 1.36 bits per heavy atom. The highest BCUT2D eigenvalue weighted by Crippen LogP contribution is 2.41. The highest BCUT2D eigenvalue weighted by Gasteiger charge is 2.24. The van der Waals surface area contributed by atoms with Gasteiger partial charge in [0.2, 0.25) is 0 Å². The summed E-state index contributed by atoms with van der Waals surface area (Å²) in [6, 6.07) is 7.80. The number of nitrogen functional groups attached to an aromatic ring is 1. The van der Waals surface area contributed by atoms with Crippen molar-refractivity contribution in [2.24, 2.45) is 0 Å². The lowest BCUT2D eigenvalue weighted by Crippen LogP contribution is -2.30. The van der Waals surface area contributed by atoms with Crippen LogP contribution in [-0.4, -0.2) is 18.6 Å². The third-order valence-corrected chi connectivity index (χ3v) is 4.15. The second-order valence-electron chi connectivity index (χ2n) is 5.33. The zero-order valence-electron chi connectivity index (χ0n) is 13.4. The average molecular weight is 318 g/mol. The van der Waals surface area contributed by atoms with E-state index in [1.54, 1.807) is 0 Å². The Hall–Kier alpha value is -2.01. The first kappa shape index (κ1) is 16.4. The Morgan fingerprint density at radius 2 is 2.05 bits per heavy atom. The summed E-state index contributed by atoms with van der Waals surface area (Å²) in [5.74, 6) is 0.627. The number of hydrogen-bond donors (Lipinski definition) is 2. The first-order chi connectivity index (χ1) is 10.5. The van der Waals surface area contributed by atoms with Gasteiger partial charge in [-0.05, 0) is 33.8 Å². The van der Waals surface area contributed by atoms with Gasteiger partial charge in [-0.3, -0.25) is 4.79 Å². The highest BCUT2D eigenvalue weighted by atomic mass is 32.1. The van der Waals surface area contributed by atoms with E-state index in [9.17, 15) is 4.79 Å². The number of rotatable bonds is 5. The van der Waals surface area contributed by atoms with E-state index in [0.29, 0.717) is 17.2 Å². The molecule has 0 saturated carbocycles. The molecule has 3 N–H and O–H groups in total. The first-order valence-corrected chi connectivity index (χ1v) is 8.19. The van der Waals surface area contributed by atoms with Crippen LogP contribution in [0.5, 0.6) is 5.75 Å². The summed E-state index contributed by atoms with van der Waals surface area (Å²) >= 11 is 1.43. The molecule has 0 fully saturated rings. The van der Waals surface area contributed by atoms with E-state index in [-0.39, 0.29) is 11.9 Å². The lowest BCUT2D eigenvalue weighted by atomic mass is 9.99. The summed E-state index contributed by atoms with van der Waals surface area (Å²) in [7, 11) is 0. The molecule has 118 valence electrons. The molecule has 1 amide bonds. The molecule has 5 heteroatoms. The van der Waals surface area contributed by atoms with Crippen molar-refractivity contribution in [1.29, 1.82) is 0 Å². The number of benzene rings is 1. The second kappa shape index (κ2) is 6.83. The van der Waals surface area contributed by atoms with E-state index < -0.39 is 0 Å². The van der Waals surface area contributed by atoms with E-state index in [1.807, 2.05) is 52.0 Å². The normalized spacial score (nSPS) is 10.8. The van der Waals surface area contributed by atoms with Crippen LogP contribution in [0.1, 0.15) is 36.0 Å². The van der Waals surface area contributed by atoms with Crippen LogP contribution in [0.2, 0.25) is 0 Å². The molecule has 0 radical (unpaired) electrons. The maximum absolute atomic E-state index is 12.5. The second-order valence-corrected chi connectivity index (χ2v) is 6.59. The molecule has 0 aliphatic rings. The Bertz CT molecular complexity index is 677. The molecule has 1 aromatic heterocycles. The van der Waals surface area contributed by atoms with Gasteiger partial charge in [0, 0.05) is 22.0 Å². The average Bonchev–Trinajstić information content (AvgIpc) is 2.73. The van der Waals surface area contributed by atoms with Crippen molar-refractivity contribution >= 4 is 22.2 Å². The van der Waals surface area contributed by atoms with Crippen LogP contribution >= 0.6 is 11.3 Å². The van der Waals surface area contributed by atoms with Gasteiger partial charge in [-0.15, -0.1) is 11.3 Å². The van der Waals surface area contributed by atoms with Crippen molar-refractivity contribution in [1.82, 2.24) is 5.32 Å². The number of nitrogens with one attached hydrogen (secondary N) is 1. The summed E-state index contributed by atoms with van der Waals surface area (Å²) in [5.41, 5.74) is 8.41. The number of amides is 1. The fourth-order valence-electron chi connectivity index (χ4n) is 2.40. The predicted molar refractivity (Wildman–Crippen MR) is 92.7 cm³/mol. The minimum absolute atomic E-state index is 0.0575. The van der Waals surface area contributed by atoms with Crippen LogP contribution in [0.25, 0.3) is 11.1 Å². The third-order valence-electron chi connectivity index (χ3n) is 3.21. The molecule has 0 spiro atoms. The molecule has 4 nitrogen and oxygen atoms in total. The number of aryl methyl sites for hydroxylation is 1. The van der Waals surface area contributed by atoms with Gasteiger partial charge in [0.15, 0.2) is 0 Å². The quantitative estimate of drug-likeness (QED) is 0.880. The number of nitrogens with two attached hydrogens (primary N) is 1. The zero-order valence-corrected chi connectivity index (χ0v) is 14.2. The van der Waals surface area contributed by atoms with Crippen LogP contribution in [0, 0.1) is 6.92 Å². The summed E-state index contributed by atoms with van der Waals surface area (Å²) in [6.45, 7) is 8.36. The molecule has 1 heterocycles. The third kappa shape index (κ3) is 3.25. The molecular weight excluding hydrogens is 296 g/mol. The molecule has 0 saturated heterocycles. The summed E-state index contributed by atoms with van der Waals surface area (Å²) < 4.78 is 5.70. The van der Waals surface area contributed by atoms with Crippen molar-refractivity contribution in [2.45, 2.75) is 33.7 Å². The molecular formula is C17H22N2O2S. The van der Waals surface area contributed by atoms with Crippen molar-refractivity contribution in [3.63, 3.8) is 0 Å². The van der Waals surface area contributed by atoms with E-state index in [2.05, 4.69) is 5.32 Å². The number of anilines is 1. The van der Waals surface area contributed by atoms with Crippen LogP contribution in [-0.2, 0) is 0 Å². The van der Waals surface area contributed by atoms with Gasteiger partial charge in [0.1, 0.15) is 5.75 Å². The van der Waals surface area contributed by atoms with E-state index >= 15 is 0 Å². The van der Waals surface area contributed by atoms with E-state index in [0.717, 1.165) is 21.8 Å². The summed E-state index contributed by atoms with van der Waals surface area (Å²) in [4.78, 5) is 13.5. The van der Waals surface area contributed by atoms with E-state index in [1.165, 1.54) is 11.3 Å². The van der Waals surface area contributed by atoms with Crippen LogP contribution in [0.15, 0.2) is 24.3 Å². The monoisotopic (exact) mass is 318 g/mol. The van der Waals surface area contributed by atoms with Crippen molar-refractivity contribution in [3.05, 3.63) is 34.7 Å². The van der Waals surface area contributed by atoms with Crippen molar-refractivity contribution in [3.8, 4) is 16.9 Å². The molecule has 0 aliphatic heterocycles. The minimum atomic E-state index is -0.141. The lowest BCUT2D eigenvalue weighted by molar-refractivity contribution is 0.0945. The minimum Gasteiger partial charge on any atom is -0.493 e. The molecule has 22 heavy (non-hydrogen) atoms. The first-order valence-electron chi connectivity index (χ1n) is 7.37. The molecule has 0 atom stereocenters. The SMILES string of the molecule is CCOc1ccccc1-c1c(C)sc(N)c1C(=O)NC(C)C. The predicted octanol–water partition coefficient (Wildman–Crippen LogP) is 3.84. The number of carbonyl (C=O) groups is 1. The molecule has 0 bridgehead atoms. The van der Waals surface area contributed by atoms with Gasteiger partial charge in [-0.2, -0.15) is 0 Å². The summed E-state index contributed by atoms with van der Waals surface area (Å²) in [6.07, 6.45) is 0. The van der Waals surface area contributed by atoms with Gasteiger partial charge < -0.3 is 15.8 Å². The van der Waals surface area contributed by atoms with Crippen LogP contribution in [0.3, 0.4) is 0 Å². The number of ether oxygens (including phenoxy) is 1. The van der Waals surface area contributed by atoms with E-state index in [4.69, 9.17) is 10.5 Å². The Kier molecular flexibility index (Phi) is 5.08. The lowest BCUT2D eigenvalue weighted by Gasteiger charge is -2.13. The molecule has 2 aromatic rings. The fraction of sp³-hybridized carbons (Fsp3) is 0.353. The number of para-hydroxylation sites is 1. The zero-order chi connectivity index (χ0) is 16.3. The van der Waals surface area contributed by atoms with Crippen molar-refractivity contribution < 1.29 is 9.53 Å². The number of carbonyl (C=O) groups excluding carboxylic acids is 1. The molecule has 0 unspecified atom stereocenters. The van der Waals surface area contributed by atoms with Crippen LogP contribution in [0.4, 0.5) is 5.00 Å². The van der Waals surface area contributed by atoms with Gasteiger partial charge in [-0.1, -0.05) is 18.2 Å². The smallest absolute Gasteiger partial charge is 0.255 e. The van der Waals surface area contributed by atoms with Gasteiger partial charge in [0.05, 0.1) is 17.2 Å². The molecule has 1 aromatic carbocycles. The Labute approximate surface area is 135 Å². The fourth-order valence-corrected chi connectivity index (χ4v) is 3.35. The standard InChI is InChI=1S/C17H22N2O2S/c1-5-21-13-9-7-6-8-12(13)14-11(4)22-16(18)15(14)17(20)19-10(2)3/h6-10H,5,18H2,1-4H3,(H,19,20). The largest absolute Gasteiger partial charge is 0.493 e. The highest BCUT2D eigenvalue weighted by molar-refractivity contribution is 7.16. The number of thiophene rings is 1. The van der Waals surface area contributed by atoms with Crippen LogP contribution < -0.4 is 15.8 Å². The topological polar surface area (TPSA) is 64.3 Å². The van der Waals surface area contributed by atoms with Crippen molar-refractivity contribution in [2.75, 3.05) is 12.3 Å². The maximum Gasteiger partial charge on any atom is 0.255 e. The Morgan fingerprint density at radius 3 is 2.68 bits per heavy atom.